The van der Waals surface area contributed by atoms with Crippen LogP contribution in [0.5, 0.6) is 0 Å². The summed E-state index contributed by atoms with van der Waals surface area (Å²) in [6.07, 6.45) is 0.901. The molecular formula is C15H15F2NO4. The van der Waals surface area contributed by atoms with Crippen molar-refractivity contribution >= 4 is 11.9 Å². The fraction of sp³-hybridized carbons (Fsp3) is 0.467. The molecule has 118 valence electrons. The zero-order chi connectivity index (χ0) is 16.1. The van der Waals surface area contributed by atoms with Gasteiger partial charge in [0.15, 0.2) is 11.6 Å². The van der Waals surface area contributed by atoms with Gasteiger partial charge in [-0.2, -0.15) is 0 Å². The van der Waals surface area contributed by atoms with Crippen LogP contribution in [-0.2, 0) is 20.9 Å². The molecule has 3 rings (SSSR count). The Hall–Kier alpha value is -2.02. The second-order valence-electron chi connectivity index (χ2n) is 5.92. The Morgan fingerprint density at radius 1 is 1.41 bits per heavy atom. The first-order valence-corrected chi connectivity index (χ1v) is 6.98. The van der Waals surface area contributed by atoms with E-state index < -0.39 is 47.6 Å². The number of halogens is 2. The maximum atomic E-state index is 13.5. The van der Waals surface area contributed by atoms with Crippen LogP contribution in [0.4, 0.5) is 8.78 Å². The van der Waals surface area contributed by atoms with E-state index in [4.69, 9.17) is 15.6 Å². The Morgan fingerprint density at radius 2 is 2.14 bits per heavy atom. The maximum Gasteiger partial charge on any atom is 0.326 e. The van der Waals surface area contributed by atoms with E-state index in [-0.39, 0.29) is 11.5 Å². The summed E-state index contributed by atoms with van der Waals surface area (Å²) in [4.78, 5) is 23.2. The summed E-state index contributed by atoms with van der Waals surface area (Å²) in [5.41, 5.74) is 4.61. The molecule has 0 spiro atoms. The summed E-state index contributed by atoms with van der Waals surface area (Å²) in [7, 11) is 0. The summed E-state index contributed by atoms with van der Waals surface area (Å²) < 4.78 is 31.6. The number of carbonyl (C=O) groups is 2. The van der Waals surface area contributed by atoms with Gasteiger partial charge >= 0.3 is 11.9 Å². The van der Waals surface area contributed by atoms with Crippen LogP contribution in [0.1, 0.15) is 18.4 Å². The maximum absolute atomic E-state index is 13.5. The molecule has 0 saturated heterocycles. The standard InChI is InChI=1S/C15H15F2NO4/c16-9-3-1-2-7(12(9)17)6-22-14(21)15(18)5-4-8-10(11(8)15)13(19)20/h1-3,8,10-11H,4-6,18H2,(H,19,20)/t8-,10-,11-,15-/m0/s1. The van der Waals surface area contributed by atoms with Gasteiger partial charge in [-0.25, -0.2) is 8.78 Å². The van der Waals surface area contributed by atoms with Crippen molar-refractivity contribution in [2.75, 3.05) is 0 Å². The predicted octanol–water partition coefficient (Wildman–Crippen LogP) is 1.45. The summed E-state index contributed by atoms with van der Waals surface area (Å²) in [5.74, 6) is -4.96. The highest BCUT2D eigenvalue weighted by Crippen LogP contribution is 2.61. The normalized spacial score (nSPS) is 32.4. The number of hydrogen-bond donors (Lipinski definition) is 2. The van der Waals surface area contributed by atoms with Gasteiger partial charge in [0, 0.05) is 11.5 Å². The number of carboxylic acid groups (broad SMARTS) is 1. The summed E-state index contributed by atoms with van der Waals surface area (Å²) in [5, 5.41) is 9.05. The second-order valence-corrected chi connectivity index (χ2v) is 5.92. The Morgan fingerprint density at radius 3 is 2.77 bits per heavy atom. The molecule has 22 heavy (non-hydrogen) atoms. The summed E-state index contributed by atoms with van der Waals surface area (Å²) >= 11 is 0. The van der Waals surface area contributed by atoms with Crippen molar-refractivity contribution in [2.45, 2.75) is 25.0 Å². The minimum Gasteiger partial charge on any atom is -0.481 e. The van der Waals surface area contributed by atoms with Crippen LogP contribution >= 0.6 is 0 Å². The summed E-state index contributed by atoms with van der Waals surface area (Å²) in [6.45, 7) is -0.434. The molecule has 0 amide bonds. The van der Waals surface area contributed by atoms with Gasteiger partial charge < -0.3 is 15.6 Å². The van der Waals surface area contributed by atoms with Crippen molar-refractivity contribution in [1.82, 2.24) is 0 Å². The van der Waals surface area contributed by atoms with Crippen molar-refractivity contribution < 1.29 is 28.2 Å². The van der Waals surface area contributed by atoms with Gasteiger partial charge in [0.25, 0.3) is 0 Å². The quantitative estimate of drug-likeness (QED) is 0.821. The molecule has 2 aliphatic carbocycles. The third kappa shape index (κ3) is 2.16. The zero-order valence-corrected chi connectivity index (χ0v) is 11.6. The fourth-order valence-electron chi connectivity index (χ4n) is 3.52. The molecule has 0 aliphatic heterocycles. The van der Waals surface area contributed by atoms with Crippen molar-refractivity contribution in [3.63, 3.8) is 0 Å². The first-order chi connectivity index (χ1) is 10.4. The van der Waals surface area contributed by atoms with Crippen LogP contribution in [0, 0.1) is 29.4 Å². The average Bonchev–Trinajstić information content (AvgIpc) is 3.12. The first kappa shape index (κ1) is 14.9. The van der Waals surface area contributed by atoms with Crippen molar-refractivity contribution in [3.05, 3.63) is 35.4 Å². The molecule has 1 aromatic rings. The Kier molecular flexibility index (Phi) is 3.40. The number of carbonyl (C=O) groups excluding carboxylic acids is 1. The van der Waals surface area contributed by atoms with Crippen LogP contribution in [0.15, 0.2) is 18.2 Å². The highest BCUT2D eigenvalue weighted by Gasteiger charge is 2.70. The van der Waals surface area contributed by atoms with Crippen LogP contribution in [0.25, 0.3) is 0 Å². The number of carboxylic acids is 1. The zero-order valence-electron chi connectivity index (χ0n) is 11.6. The largest absolute Gasteiger partial charge is 0.481 e. The van der Waals surface area contributed by atoms with E-state index in [0.717, 1.165) is 6.07 Å². The lowest BCUT2D eigenvalue weighted by Crippen LogP contribution is -2.50. The van der Waals surface area contributed by atoms with E-state index in [1.54, 1.807) is 0 Å². The first-order valence-electron chi connectivity index (χ1n) is 6.98. The molecule has 0 unspecified atom stereocenters. The molecule has 4 atom stereocenters. The van der Waals surface area contributed by atoms with Gasteiger partial charge in [0.1, 0.15) is 12.1 Å². The third-order valence-electron chi connectivity index (χ3n) is 4.71. The van der Waals surface area contributed by atoms with E-state index in [1.165, 1.54) is 12.1 Å². The van der Waals surface area contributed by atoms with Crippen LogP contribution in [0.3, 0.4) is 0 Å². The van der Waals surface area contributed by atoms with Crippen molar-refractivity contribution in [1.29, 1.82) is 0 Å². The van der Waals surface area contributed by atoms with E-state index in [2.05, 4.69) is 0 Å². The summed E-state index contributed by atoms with van der Waals surface area (Å²) in [6, 6.07) is 3.59. The molecule has 7 heteroatoms. The van der Waals surface area contributed by atoms with Crippen molar-refractivity contribution in [3.8, 4) is 0 Å². The number of fused-ring (bicyclic) bond motifs is 1. The Labute approximate surface area is 125 Å². The lowest BCUT2D eigenvalue weighted by Gasteiger charge is -2.24. The molecule has 1 aromatic carbocycles. The number of aliphatic carboxylic acids is 1. The fourth-order valence-corrected chi connectivity index (χ4v) is 3.52. The minimum atomic E-state index is -1.35. The molecule has 3 N–H and O–H groups in total. The molecular weight excluding hydrogens is 296 g/mol. The third-order valence-corrected chi connectivity index (χ3v) is 4.71. The number of nitrogens with two attached hydrogens (primary N) is 1. The van der Waals surface area contributed by atoms with Gasteiger partial charge in [0.05, 0.1) is 5.92 Å². The highest BCUT2D eigenvalue weighted by molar-refractivity contribution is 5.86. The lowest BCUT2D eigenvalue weighted by atomic mass is 9.91. The Bertz CT molecular complexity index is 650. The molecule has 0 radical (unpaired) electrons. The molecule has 2 fully saturated rings. The number of ether oxygens (including phenoxy) is 1. The van der Waals surface area contributed by atoms with Gasteiger partial charge in [-0.1, -0.05) is 12.1 Å². The predicted molar refractivity (Wildman–Crippen MR) is 70.4 cm³/mol. The molecule has 0 bridgehead atoms. The molecule has 5 nitrogen and oxygen atoms in total. The SMILES string of the molecule is N[C@@]1(C(=O)OCc2cccc(F)c2F)CC[C@H]2[C@H](C(=O)O)[C@H]21. The number of esters is 1. The monoisotopic (exact) mass is 311 g/mol. The minimum absolute atomic E-state index is 0.0860. The van der Waals surface area contributed by atoms with Gasteiger partial charge in [-0.15, -0.1) is 0 Å². The van der Waals surface area contributed by atoms with Gasteiger partial charge in [-0.05, 0) is 24.8 Å². The van der Waals surface area contributed by atoms with Crippen molar-refractivity contribution in [2.24, 2.45) is 23.5 Å². The lowest BCUT2D eigenvalue weighted by molar-refractivity contribution is -0.153. The second kappa shape index (κ2) is 5.01. The molecule has 2 aliphatic rings. The number of hydrogen-bond acceptors (Lipinski definition) is 4. The van der Waals surface area contributed by atoms with Crippen LogP contribution in [0.2, 0.25) is 0 Å². The van der Waals surface area contributed by atoms with Gasteiger partial charge in [0.2, 0.25) is 0 Å². The average molecular weight is 311 g/mol. The Balaban J connectivity index is 1.68. The number of rotatable bonds is 4. The molecule has 2 saturated carbocycles. The highest BCUT2D eigenvalue weighted by atomic mass is 19.2. The van der Waals surface area contributed by atoms with E-state index in [0.29, 0.717) is 12.8 Å². The topological polar surface area (TPSA) is 89.6 Å². The van der Waals surface area contributed by atoms with Gasteiger partial charge in [-0.3, -0.25) is 9.59 Å². The molecule has 0 aromatic heterocycles. The van der Waals surface area contributed by atoms with E-state index in [1.807, 2.05) is 0 Å². The van der Waals surface area contributed by atoms with Crippen LogP contribution < -0.4 is 5.73 Å². The van der Waals surface area contributed by atoms with E-state index in [9.17, 15) is 18.4 Å². The van der Waals surface area contributed by atoms with Crippen LogP contribution in [-0.4, -0.2) is 22.6 Å². The smallest absolute Gasteiger partial charge is 0.326 e. The number of benzene rings is 1. The van der Waals surface area contributed by atoms with E-state index >= 15 is 0 Å². The molecule has 0 heterocycles.